The van der Waals surface area contributed by atoms with Crippen LogP contribution in [0.4, 0.5) is 0 Å². The lowest BCUT2D eigenvalue weighted by atomic mass is 9.43. The van der Waals surface area contributed by atoms with Gasteiger partial charge in [-0.2, -0.15) is 0 Å². The maximum absolute atomic E-state index is 13.5. The first-order chi connectivity index (χ1) is 30.9. The summed E-state index contributed by atoms with van der Waals surface area (Å²) in [5.74, 6) is 5.50. The minimum Gasteiger partial charge on any atom is -0.459 e. The first kappa shape index (κ1) is 45.3. The fourth-order valence-corrected chi connectivity index (χ4v) is 18.4. The van der Waals surface area contributed by atoms with E-state index in [9.17, 15) is 9.59 Å². The van der Waals surface area contributed by atoms with E-state index in [2.05, 4.69) is 52.2 Å². The molecule has 8 aliphatic carbocycles. The van der Waals surface area contributed by atoms with Crippen molar-refractivity contribution in [1.29, 1.82) is 0 Å². The molecule has 10 nitrogen and oxygen atoms in total. The van der Waals surface area contributed by atoms with Crippen molar-refractivity contribution in [3.05, 3.63) is 12.2 Å². The van der Waals surface area contributed by atoms with Crippen molar-refractivity contribution in [3.8, 4) is 0 Å². The van der Waals surface area contributed by atoms with Crippen LogP contribution in [-0.2, 0) is 28.7 Å². The maximum Gasteiger partial charge on any atom is 0.331 e. The highest BCUT2D eigenvalue weighted by molar-refractivity contribution is 5.92. The van der Waals surface area contributed by atoms with Crippen LogP contribution in [0.2, 0.25) is 0 Å². The predicted octanol–water partition coefficient (Wildman–Crippen LogP) is 10.2. The third-order valence-corrected chi connectivity index (χ3v) is 21.8. The zero-order chi connectivity index (χ0) is 44.4. The Morgan fingerprint density at radius 3 is 1.33 bits per heavy atom. The SMILES string of the molecule is CCC1/C(=N/O[C@@H]2CCNC2)CC[C@@]2(C)C1CC[C@@H]1[C@H]2CC[C@]2(C)C(OC(=O)/C=C/C(=O)OC3CC[C@H]4[C@@H]5CCC6C(CC)/C(=N/O[C@@H]7CCNC7)CC[C@]6(C)[C@@H]5CC[C@]34C)CC[C@@H]12. The molecule has 10 rings (SSSR count). The second-order valence-corrected chi connectivity index (χ2v) is 24.2. The van der Waals surface area contributed by atoms with Gasteiger partial charge in [-0.15, -0.1) is 0 Å². The molecule has 2 aliphatic heterocycles. The number of oxime groups is 2. The second-order valence-electron chi connectivity index (χ2n) is 24.2. The zero-order valence-corrected chi connectivity index (χ0v) is 40.6. The summed E-state index contributed by atoms with van der Waals surface area (Å²) in [7, 11) is 0. The van der Waals surface area contributed by atoms with Crippen molar-refractivity contribution >= 4 is 23.4 Å². The van der Waals surface area contributed by atoms with Crippen LogP contribution in [-0.4, -0.2) is 74.0 Å². The summed E-state index contributed by atoms with van der Waals surface area (Å²) >= 11 is 0. The summed E-state index contributed by atoms with van der Waals surface area (Å²) in [6, 6.07) is 0. The Balaban J connectivity index is 0.725. The van der Waals surface area contributed by atoms with Gasteiger partial charge in [0.1, 0.15) is 24.4 Å². The van der Waals surface area contributed by atoms with Gasteiger partial charge in [-0.05, 0) is 187 Å². The molecule has 10 heteroatoms. The molecule has 0 aromatic heterocycles. The number of ether oxygens (including phenoxy) is 2. The van der Waals surface area contributed by atoms with Gasteiger partial charge in [-0.1, -0.05) is 51.9 Å². The van der Waals surface area contributed by atoms with Crippen LogP contribution in [0.15, 0.2) is 22.5 Å². The van der Waals surface area contributed by atoms with Crippen molar-refractivity contribution < 1.29 is 28.7 Å². The molecule has 2 heterocycles. The first-order valence-corrected chi connectivity index (χ1v) is 26.9. The largest absolute Gasteiger partial charge is 0.459 e. The molecule has 6 unspecified atom stereocenters. The van der Waals surface area contributed by atoms with Crippen molar-refractivity contribution in [2.24, 2.45) is 91.2 Å². The Kier molecular flexibility index (Phi) is 12.7. The third-order valence-electron chi connectivity index (χ3n) is 21.8. The molecule has 0 radical (unpaired) electrons. The molecule has 0 spiro atoms. The minimum absolute atomic E-state index is 0.0161. The van der Waals surface area contributed by atoms with E-state index in [0.29, 0.717) is 70.0 Å². The molecule has 0 amide bonds. The molecule has 64 heavy (non-hydrogen) atoms. The van der Waals surface area contributed by atoms with Gasteiger partial charge in [-0.3, -0.25) is 0 Å². The normalized spacial score (nSPS) is 49.7. The monoisotopic (exact) mass is 885 g/mol. The molecule has 10 aliphatic rings. The Morgan fingerprint density at radius 1 is 0.531 bits per heavy atom. The smallest absolute Gasteiger partial charge is 0.331 e. The van der Waals surface area contributed by atoms with Crippen LogP contribution < -0.4 is 10.6 Å². The van der Waals surface area contributed by atoms with Crippen LogP contribution in [0.5, 0.6) is 0 Å². The Labute approximate surface area is 385 Å². The summed E-state index contributed by atoms with van der Waals surface area (Å²) in [6.07, 6.45) is 25.6. The number of fused-ring (bicyclic) bond motifs is 10. The molecule has 2 N–H and O–H groups in total. The van der Waals surface area contributed by atoms with E-state index in [0.717, 1.165) is 103 Å². The van der Waals surface area contributed by atoms with Crippen molar-refractivity contribution in [3.63, 3.8) is 0 Å². The molecule has 2 saturated heterocycles. The Hall–Kier alpha value is -2.46. The van der Waals surface area contributed by atoms with E-state index >= 15 is 0 Å². The molecule has 0 bridgehead atoms. The zero-order valence-electron chi connectivity index (χ0n) is 40.6. The number of esters is 2. The first-order valence-electron chi connectivity index (χ1n) is 26.9. The standard InChI is InChI=1S/C54H84N4O6/c1-7-35-39-11-9-37-41-13-15-47(53(41,5)25-19-43(37)51(39,3)27-21-45(35)57-63-33-23-29-55-31-33)61-49(59)17-18-50(60)62-48-16-14-42-38-10-12-40-36(8-2)46(58-64-34-24-30-56-32-34)22-28-52(40,4)44(38)20-26-54(42,48)6/h17-18,33-44,47-48,55-56H,7-16,19-32H2,1-6H3/b18-17+,57-45+,58-46+/t33-,34-,35?,36?,37+,38+,39?,40?,41+,42+,43-,44-,47?,48?,51+,52+,53+,54+/m1/s1. The van der Waals surface area contributed by atoms with Crippen molar-refractivity contribution in [1.82, 2.24) is 10.6 Å². The molecule has 8 saturated carbocycles. The molecule has 0 aromatic carbocycles. The van der Waals surface area contributed by atoms with Gasteiger partial charge in [0.05, 0.1) is 11.4 Å². The second kappa shape index (κ2) is 17.9. The summed E-state index contributed by atoms with van der Waals surface area (Å²) in [5, 5.41) is 16.5. The molecular formula is C54H84N4O6. The topological polar surface area (TPSA) is 120 Å². The molecule has 10 fully saturated rings. The fraction of sp³-hybridized carbons (Fsp3) is 0.889. The van der Waals surface area contributed by atoms with E-state index in [4.69, 9.17) is 29.5 Å². The van der Waals surface area contributed by atoms with E-state index in [1.165, 1.54) is 74.9 Å². The third kappa shape index (κ3) is 7.72. The number of nitrogens with one attached hydrogen (secondary N) is 2. The average Bonchev–Trinajstić information content (AvgIpc) is 4.12. The van der Waals surface area contributed by atoms with Gasteiger partial charge in [0.25, 0.3) is 0 Å². The van der Waals surface area contributed by atoms with E-state index in [-0.39, 0.29) is 35.2 Å². The van der Waals surface area contributed by atoms with Crippen LogP contribution in [0.3, 0.4) is 0 Å². The van der Waals surface area contributed by atoms with Crippen molar-refractivity contribution in [2.75, 3.05) is 26.2 Å². The van der Waals surface area contributed by atoms with Crippen LogP contribution >= 0.6 is 0 Å². The quantitative estimate of drug-likeness (QED) is 0.126. The molecule has 18 atom stereocenters. The van der Waals surface area contributed by atoms with E-state index in [1.54, 1.807) is 0 Å². The van der Waals surface area contributed by atoms with Crippen LogP contribution in [0.25, 0.3) is 0 Å². The number of rotatable bonds is 10. The fourth-order valence-electron chi connectivity index (χ4n) is 18.4. The number of carbonyl (C=O) groups excluding carboxylic acids is 2. The van der Waals surface area contributed by atoms with Gasteiger partial charge in [-0.25, -0.2) is 9.59 Å². The number of hydrogen-bond acceptors (Lipinski definition) is 10. The van der Waals surface area contributed by atoms with Gasteiger partial charge >= 0.3 is 11.9 Å². The highest BCUT2D eigenvalue weighted by atomic mass is 16.6. The lowest BCUT2D eigenvalue weighted by Gasteiger charge is -2.61. The van der Waals surface area contributed by atoms with Crippen molar-refractivity contribution in [2.45, 2.75) is 194 Å². The molecular weight excluding hydrogens is 801 g/mol. The predicted molar refractivity (Wildman–Crippen MR) is 250 cm³/mol. The van der Waals surface area contributed by atoms with Gasteiger partial charge in [0.2, 0.25) is 0 Å². The van der Waals surface area contributed by atoms with E-state index in [1.807, 2.05) is 0 Å². The summed E-state index contributed by atoms with van der Waals surface area (Å²) in [4.78, 5) is 39.2. The maximum atomic E-state index is 13.5. The average molecular weight is 885 g/mol. The lowest BCUT2D eigenvalue weighted by molar-refractivity contribution is -0.160. The summed E-state index contributed by atoms with van der Waals surface area (Å²) in [5.41, 5.74) is 3.24. The minimum atomic E-state index is -0.392. The Bertz CT molecular complexity index is 1690. The highest BCUT2D eigenvalue weighted by Crippen LogP contribution is 2.69. The van der Waals surface area contributed by atoms with Crippen LogP contribution in [0.1, 0.15) is 170 Å². The van der Waals surface area contributed by atoms with Gasteiger partial charge in [0.15, 0.2) is 0 Å². The number of nitrogens with zero attached hydrogens (tertiary/aromatic N) is 2. The molecule has 356 valence electrons. The number of hydrogen-bond donors (Lipinski definition) is 2. The number of carbonyl (C=O) groups is 2. The van der Waals surface area contributed by atoms with E-state index < -0.39 is 11.9 Å². The lowest BCUT2D eigenvalue weighted by Crippen LogP contribution is -2.56. The van der Waals surface area contributed by atoms with Gasteiger partial charge in [0, 0.05) is 60.7 Å². The highest BCUT2D eigenvalue weighted by Gasteiger charge is 2.64. The molecule has 0 aromatic rings. The summed E-state index contributed by atoms with van der Waals surface area (Å²) in [6.45, 7) is 18.6. The Morgan fingerprint density at radius 2 is 0.938 bits per heavy atom. The summed E-state index contributed by atoms with van der Waals surface area (Å²) < 4.78 is 12.7. The van der Waals surface area contributed by atoms with Crippen LogP contribution in [0, 0.1) is 80.8 Å². The van der Waals surface area contributed by atoms with Gasteiger partial charge < -0.3 is 29.8 Å².